The normalized spacial score (nSPS) is 18.3. The van der Waals surface area contributed by atoms with Crippen molar-refractivity contribution >= 4 is 33.3 Å². The highest BCUT2D eigenvalue weighted by Gasteiger charge is 2.30. The number of benzene rings is 1. The van der Waals surface area contributed by atoms with Gasteiger partial charge in [-0.3, -0.25) is 0 Å². The van der Waals surface area contributed by atoms with Crippen LogP contribution >= 0.6 is 11.6 Å². The number of hydrogen-bond donors (Lipinski definition) is 1. The summed E-state index contributed by atoms with van der Waals surface area (Å²) in [7, 11) is -2.25. The van der Waals surface area contributed by atoms with Gasteiger partial charge in [0.05, 0.1) is 5.02 Å². The lowest BCUT2D eigenvalue weighted by atomic mass is 10.3. The van der Waals surface area contributed by atoms with E-state index in [1.807, 2.05) is 0 Å². The molecule has 2 rings (SSSR count). The molecule has 7 heteroatoms. The van der Waals surface area contributed by atoms with Crippen molar-refractivity contribution in [2.45, 2.75) is 4.90 Å². The smallest absolute Gasteiger partial charge is 0.268 e. The lowest BCUT2D eigenvalue weighted by Crippen LogP contribution is -2.40. The van der Waals surface area contributed by atoms with Crippen LogP contribution in [0.25, 0.3) is 0 Å². The molecule has 0 spiro atoms. The Morgan fingerprint density at radius 3 is 2.80 bits per heavy atom. The van der Waals surface area contributed by atoms with Gasteiger partial charge in [-0.2, -0.15) is 0 Å². The van der Waals surface area contributed by atoms with Gasteiger partial charge in [-0.1, -0.05) is 17.7 Å². The molecular formula is C8H8ClN3O2S. The van der Waals surface area contributed by atoms with E-state index in [2.05, 4.69) is 4.99 Å². The number of fused-ring (bicyclic) bond motifs is 1. The summed E-state index contributed by atoms with van der Waals surface area (Å²) in [4.78, 5) is 4.01. The van der Waals surface area contributed by atoms with Crippen LogP contribution in [-0.4, -0.2) is 25.7 Å². The molecule has 1 aromatic carbocycles. The van der Waals surface area contributed by atoms with Crippen LogP contribution < -0.4 is 5.73 Å². The van der Waals surface area contributed by atoms with Gasteiger partial charge >= 0.3 is 0 Å². The van der Waals surface area contributed by atoms with Crippen LogP contribution in [0.15, 0.2) is 28.1 Å². The third-order valence-electron chi connectivity index (χ3n) is 2.14. The number of nitrogens with two attached hydrogens (primary N) is 1. The van der Waals surface area contributed by atoms with E-state index in [-0.39, 0.29) is 21.6 Å². The van der Waals surface area contributed by atoms with Crippen LogP contribution in [0.4, 0.5) is 5.69 Å². The van der Waals surface area contributed by atoms with E-state index < -0.39 is 10.0 Å². The minimum atomic E-state index is -3.60. The largest absolute Gasteiger partial charge is 0.369 e. The summed E-state index contributed by atoms with van der Waals surface area (Å²) in [6.45, 7) is 0. The molecule has 0 saturated carbocycles. The molecule has 0 fully saturated rings. The Morgan fingerprint density at radius 1 is 1.47 bits per heavy atom. The number of halogens is 1. The second-order valence-electron chi connectivity index (χ2n) is 3.03. The maximum Gasteiger partial charge on any atom is 0.268 e. The molecule has 0 bridgehead atoms. The minimum Gasteiger partial charge on any atom is -0.369 e. The van der Waals surface area contributed by atoms with Crippen molar-refractivity contribution in [3.05, 3.63) is 23.2 Å². The predicted molar refractivity (Wildman–Crippen MR) is 57.7 cm³/mol. The summed E-state index contributed by atoms with van der Waals surface area (Å²) in [6, 6.07) is 4.57. The highest BCUT2D eigenvalue weighted by atomic mass is 35.5. The predicted octanol–water partition coefficient (Wildman–Crippen LogP) is 0.920. The van der Waals surface area contributed by atoms with Crippen LogP contribution in [0, 0.1) is 0 Å². The SMILES string of the molecule is CN1C(N)=Nc2c(Cl)cccc2S1(=O)=O. The molecule has 0 aliphatic carbocycles. The summed E-state index contributed by atoms with van der Waals surface area (Å²) in [5.74, 6) is -0.0874. The van der Waals surface area contributed by atoms with Crippen molar-refractivity contribution in [3.63, 3.8) is 0 Å². The lowest BCUT2D eigenvalue weighted by molar-refractivity contribution is 0.548. The fraction of sp³-hybridized carbons (Fsp3) is 0.125. The van der Waals surface area contributed by atoms with E-state index in [0.717, 1.165) is 4.31 Å². The highest BCUT2D eigenvalue weighted by molar-refractivity contribution is 7.89. The maximum absolute atomic E-state index is 11.9. The number of rotatable bonds is 0. The molecule has 5 nitrogen and oxygen atoms in total. The van der Waals surface area contributed by atoms with Gasteiger partial charge in [-0.05, 0) is 12.1 Å². The molecule has 1 heterocycles. The van der Waals surface area contributed by atoms with Gasteiger partial charge in [-0.15, -0.1) is 0 Å². The zero-order valence-corrected chi connectivity index (χ0v) is 9.38. The number of nitrogens with zero attached hydrogens (tertiary/aromatic N) is 2. The summed E-state index contributed by atoms with van der Waals surface area (Å²) < 4.78 is 24.7. The average molecular weight is 246 g/mol. The molecule has 80 valence electrons. The van der Waals surface area contributed by atoms with E-state index in [9.17, 15) is 8.42 Å². The number of aliphatic imine (C=N–C) groups is 1. The Kier molecular flexibility index (Phi) is 2.13. The zero-order chi connectivity index (χ0) is 11.2. The van der Waals surface area contributed by atoms with Gasteiger partial charge in [0.2, 0.25) is 5.96 Å². The second kappa shape index (κ2) is 3.11. The molecule has 1 aromatic rings. The Hall–Kier alpha value is -1.27. The Morgan fingerprint density at radius 2 is 2.13 bits per heavy atom. The van der Waals surface area contributed by atoms with Crippen LogP contribution in [-0.2, 0) is 10.0 Å². The first-order valence-electron chi connectivity index (χ1n) is 4.06. The van der Waals surface area contributed by atoms with Crippen molar-refractivity contribution in [1.29, 1.82) is 0 Å². The molecule has 0 saturated heterocycles. The van der Waals surface area contributed by atoms with E-state index >= 15 is 0 Å². The summed E-state index contributed by atoms with van der Waals surface area (Å²) in [5.41, 5.74) is 5.68. The first kappa shape index (κ1) is 10.3. The third-order valence-corrected chi connectivity index (χ3v) is 4.24. The van der Waals surface area contributed by atoms with Crippen LogP contribution in [0.5, 0.6) is 0 Å². The van der Waals surface area contributed by atoms with Gasteiger partial charge in [0.15, 0.2) is 0 Å². The molecule has 15 heavy (non-hydrogen) atoms. The van der Waals surface area contributed by atoms with Crippen molar-refractivity contribution in [2.24, 2.45) is 10.7 Å². The van der Waals surface area contributed by atoms with E-state index in [4.69, 9.17) is 17.3 Å². The average Bonchev–Trinajstić information content (AvgIpc) is 2.17. The minimum absolute atomic E-state index is 0.0756. The van der Waals surface area contributed by atoms with Gasteiger partial charge in [-0.25, -0.2) is 17.7 Å². The van der Waals surface area contributed by atoms with Crippen LogP contribution in [0.1, 0.15) is 0 Å². The quantitative estimate of drug-likeness (QED) is 0.739. The first-order valence-corrected chi connectivity index (χ1v) is 5.88. The van der Waals surface area contributed by atoms with Gasteiger partial charge in [0.25, 0.3) is 10.0 Å². The third kappa shape index (κ3) is 1.37. The molecular weight excluding hydrogens is 238 g/mol. The van der Waals surface area contributed by atoms with E-state index in [1.165, 1.54) is 13.1 Å². The van der Waals surface area contributed by atoms with Crippen LogP contribution in [0.3, 0.4) is 0 Å². The number of guanidine groups is 1. The molecule has 1 aliphatic rings. The molecule has 0 radical (unpaired) electrons. The lowest BCUT2D eigenvalue weighted by Gasteiger charge is -2.23. The van der Waals surface area contributed by atoms with Crippen molar-refractivity contribution in [1.82, 2.24) is 4.31 Å². The van der Waals surface area contributed by atoms with Crippen molar-refractivity contribution < 1.29 is 8.42 Å². The van der Waals surface area contributed by atoms with Crippen molar-refractivity contribution in [3.8, 4) is 0 Å². The van der Waals surface area contributed by atoms with Crippen molar-refractivity contribution in [2.75, 3.05) is 7.05 Å². The van der Waals surface area contributed by atoms with Gasteiger partial charge < -0.3 is 5.73 Å². The number of hydrogen-bond acceptors (Lipinski definition) is 4. The van der Waals surface area contributed by atoms with Gasteiger partial charge in [0, 0.05) is 7.05 Å². The molecule has 0 atom stereocenters. The van der Waals surface area contributed by atoms with Crippen LogP contribution in [0.2, 0.25) is 5.02 Å². The molecule has 1 aliphatic heterocycles. The van der Waals surface area contributed by atoms with Gasteiger partial charge in [0.1, 0.15) is 10.6 Å². The Bertz CT molecular complexity index is 553. The summed E-state index contributed by atoms with van der Waals surface area (Å²) in [5, 5.41) is 0.270. The monoisotopic (exact) mass is 245 g/mol. The fourth-order valence-corrected chi connectivity index (χ4v) is 2.77. The second-order valence-corrected chi connectivity index (χ2v) is 5.37. The molecule has 2 N–H and O–H groups in total. The van der Waals surface area contributed by atoms with E-state index in [1.54, 1.807) is 12.1 Å². The summed E-state index contributed by atoms with van der Waals surface area (Å²) >= 11 is 5.84. The zero-order valence-electron chi connectivity index (χ0n) is 7.81. The number of para-hydroxylation sites is 1. The standard InChI is InChI=1S/C8H8ClN3O2S/c1-12-8(10)11-7-5(9)3-2-4-6(7)15(12,13)14/h2-4H,1H3,(H2,10,11). The van der Waals surface area contributed by atoms with E-state index in [0.29, 0.717) is 0 Å². The first-order chi connectivity index (χ1) is 6.94. The highest BCUT2D eigenvalue weighted by Crippen LogP contribution is 2.36. The Labute approximate surface area is 92.2 Å². The molecule has 0 amide bonds. The number of sulfonamides is 1. The fourth-order valence-electron chi connectivity index (χ4n) is 1.27. The Balaban J connectivity index is 2.84. The molecule has 0 aromatic heterocycles. The molecule has 0 unspecified atom stereocenters. The maximum atomic E-state index is 11.9. The topological polar surface area (TPSA) is 75.8 Å². The summed E-state index contributed by atoms with van der Waals surface area (Å²) in [6.07, 6.45) is 0.